The molecule has 0 aliphatic carbocycles. The van der Waals surface area contributed by atoms with Crippen molar-refractivity contribution in [3.63, 3.8) is 0 Å². The Morgan fingerprint density at radius 3 is 2.50 bits per heavy atom. The van der Waals surface area contributed by atoms with Crippen LogP contribution in [0.5, 0.6) is 0 Å². The number of ketones is 1. The van der Waals surface area contributed by atoms with E-state index in [-0.39, 0.29) is 23.1 Å². The van der Waals surface area contributed by atoms with Gasteiger partial charge in [-0.2, -0.15) is 0 Å². The predicted molar refractivity (Wildman–Crippen MR) is 66.5 cm³/mol. The van der Waals surface area contributed by atoms with Crippen LogP contribution in [-0.4, -0.2) is 18.4 Å². The van der Waals surface area contributed by atoms with Gasteiger partial charge in [0.1, 0.15) is 5.82 Å². The Morgan fingerprint density at radius 2 is 2.00 bits per heavy atom. The minimum Gasteiger partial charge on any atom is -0.460 e. The van der Waals surface area contributed by atoms with Crippen LogP contribution >= 0.6 is 11.6 Å². The van der Waals surface area contributed by atoms with Gasteiger partial charge in [-0.1, -0.05) is 25.4 Å². The van der Waals surface area contributed by atoms with E-state index in [1.54, 1.807) is 20.8 Å². The van der Waals surface area contributed by atoms with Crippen LogP contribution in [0.2, 0.25) is 5.02 Å². The summed E-state index contributed by atoms with van der Waals surface area (Å²) in [6.07, 6.45) is 0. The SMILES string of the molecule is CCOC(=O)C(=O)c1cc(Cl)c(F)c(C(C)C)c1. The van der Waals surface area contributed by atoms with Crippen LogP contribution in [-0.2, 0) is 9.53 Å². The van der Waals surface area contributed by atoms with Gasteiger partial charge in [-0.05, 0) is 30.5 Å². The molecule has 0 radical (unpaired) electrons. The summed E-state index contributed by atoms with van der Waals surface area (Å²) in [4.78, 5) is 23.0. The summed E-state index contributed by atoms with van der Waals surface area (Å²) in [7, 11) is 0. The van der Waals surface area contributed by atoms with E-state index in [9.17, 15) is 14.0 Å². The molecule has 0 heterocycles. The summed E-state index contributed by atoms with van der Waals surface area (Å²) in [6, 6.07) is 2.48. The third-order valence-corrected chi connectivity index (χ3v) is 2.68. The van der Waals surface area contributed by atoms with Crippen LogP contribution < -0.4 is 0 Å². The molecular formula is C13H14ClFO3. The third-order valence-electron chi connectivity index (χ3n) is 2.40. The molecule has 3 nitrogen and oxygen atoms in total. The highest BCUT2D eigenvalue weighted by molar-refractivity contribution is 6.41. The van der Waals surface area contributed by atoms with Gasteiger partial charge in [-0.15, -0.1) is 0 Å². The lowest BCUT2D eigenvalue weighted by Crippen LogP contribution is -2.18. The minimum atomic E-state index is -0.963. The topological polar surface area (TPSA) is 43.4 Å². The number of ether oxygens (including phenoxy) is 1. The number of hydrogen-bond acceptors (Lipinski definition) is 3. The van der Waals surface area contributed by atoms with Crippen molar-refractivity contribution in [1.29, 1.82) is 0 Å². The zero-order valence-corrected chi connectivity index (χ0v) is 11.2. The number of benzene rings is 1. The molecule has 0 saturated carbocycles. The van der Waals surface area contributed by atoms with E-state index in [4.69, 9.17) is 11.6 Å². The molecule has 1 aromatic carbocycles. The van der Waals surface area contributed by atoms with Gasteiger partial charge in [0.2, 0.25) is 0 Å². The zero-order chi connectivity index (χ0) is 13.9. The van der Waals surface area contributed by atoms with Gasteiger partial charge in [-0.3, -0.25) is 4.79 Å². The van der Waals surface area contributed by atoms with Gasteiger partial charge in [0.25, 0.3) is 5.78 Å². The first-order chi connectivity index (χ1) is 8.38. The molecule has 18 heavy (non-hydrogen) atoms. The van der Waals surface area contributed by atoms with E-state index >= 15 is 0 Å². The quantitative estimate of drug-likeness (QED) is 0.480. The van der Waals surface area contributed by atoms with Crippen LogP contribution in [0.15, 0.2) is 12.1 Å². The molecule has 0 aliphatic heterocycles. The number of carbonyl (C=O) groups is 2. The lowest BCUT2D eigenvalue weighted by Gasteiger charge is -2.10. The predicted octanol–water partition coefficient (Wildman–Crippen LogP) is 3.35. The Morgan fingerprint density at radius 1 is 1.39 bits per heavy atom. The average molecular weight is 273 g/mol. The normalized spacial score (nSPS) is 10.6. The molecule has 0 spiro atoms. The van der Waals surface area contributed by atoms with Crippen molar-refractivity contribution < 1.29 is 18.7 Å². The maximum absolute atomic E-state index is 13.7. The molecule has 0 N–H and O–H groups in total. The molecule has 1 aromatic rings. The average Bonchev–Trinajstić information content (AvgIpc) is 2.31. The molecule has 0 aromatic heterocycles. The Hall–Kier alpha value is -1.42. The molecule has 0 aliphatic rings. The summed E-state index contributed by atoms with van der Waals surface area (Å²) in [5.74, 6) is -2.49. The highest BCUT2D eigenvalue weighted by Gasteiger charge is 2.21. The van der Waals surface area contributed by atoms with Crippen molar-refractivity contribution in [1.82, 2.24) is 0 Å². The fourth-order valence-corrected chi connectivity index (χ4v) is 1.70. The Balaban J connectivity index is 3.19. The molecule has 0 amide bonds. The fraction of sp³-hybridized carbons (Fsp3) is 0.385. The summed E-state index contributed by atoms with van der Waals surface area (Å²) in [6.45, 7) is 5.25. The van der Waals surface area contributed by atoms with E-state index in [2.05, 4.69) is 4.74 Å². The highest BCUT2D eigenvalue weighted by atomic mass is 35.5. The van der Waals surface area contributed by atoms with Gasteiger partial charge in [0.05, 0.1) is 11.6 Å². The molecule has 0 unspecified atom stereocenters. The molecule has 0 fully saturated rings. The first-order valence-electron chi connectivity index (χ1n) is 5.58. The van der Waals surface area contributed by atoms with Gasteiger partial charge < -0.3 is 4.74 Å². The van der Waals surface area contributed by atoms with E-state index < -0.39 is 17.6 Å². The number of rotatable bonds is 4. The molecule has 0 bridgehead atoms. The maximum atomic E-state index is 13.7. The van der Waals surface area contributed by atoms with Crippen molar-refractivity contribution in [2.75, 3.05) is 6.61 Å². The molecule has 1 rings (SSSR count). The standard InChI is InChI=1S/C13H14ClFO3/c1-4-18-13(17)12(16)8-5-9(7(2)3)11(15)10(14)6-8/h5-7H,4H2,1-3H3. The molecule has 0 atom stereocenters. The Labute approximate surface area is 110 Å². The van der Waals surface area contributed by atoms with E-state index in [0.29, 0.717) is 5.56 Å². The van der Waals surface area contributed by atoms with Gasteiger partial charge in [0.15, 0.2) is 0 Å². The van der Waals surface area contributed by atoms with Crippen LogP contribution in [0, 0.1) is 5.82 Å². The van der Waals surface area contributed by atoms with Gasteiger partial charge in [0, 0.05) is 5.56 Å². The number of hydrogen-bond donors (Lipinski definition) is 0. The maximum Gasteiger partial charge on any atom is 0.379 e. The molecule has 98 valence electrons. The summed E-state index contributed by atoms with van der Waals surface area (Å²) in [5.41, 5.74) is 0.346. The van der Waals surface area contributed by atoms with Crippen LogP contribution in [0.3, 0.4) is 0 Å². The Kier molecular flexibility index (Phi) is 4.84. The van der Waals surface area contributed by atoms with Gasteiger partial charge >= 0.3 is 5.97 Å². The second kappa shape index (κ2) is 5.96. The monoisotopic (exact) mass is 272 g/mol. The molecular weight excluding hydrogens is 259 g/mol. The number of halogens is 2. The Bertz CT molecular complexity index is 483. The summed E-state index contributed by atoms with van der Waals surface area (Å²) < 4.78 is 18.3. The highest BCUT2D eigenvalue weighted by Crippen LogP contribution is 2.26. The summed E-state index contributed by atoms with van der Waals surface area (Å²) in [5, 5.41) is -0.172. The zero-order valence-electron chi connectivity index (χ0n) is 10.4. The number of carbonyl (C=O) groups excluding carboxylic acids is 2. The molecule has 5 heteroatoms. The van der Waals surface area contributed by atoms with Crippen LogP contribution in [0.4, 0.5) is 4.39 Å². The summed E-state index contributed by atoms with van der Waals surface area (Å²) >= 11 is 5.71. The van der Waals surface area contributed by atoms with Crippen LogP contribution in [0.25, 0.3) is 0 Å². The fourth-order valence-electron chi connectivity index (χ4n) is 1.48. The van der Waals surface area contributed by atoms with E-state index in [1.165, 1.54) is 6.07 Å². The first-order valence-corrected chi connectivity index (χ1v) is 5.96. The minimum absolute atomic E-state index is 0.0450. The molecule has 0 saturated heterocycles. The second-order valence-corrected chi connectivity index (χ2v) is 4.47. The lowest BCUT2D eigenvalue weighted by atomic mass is 9.98. The van der Waals surface area contributed by atoms with E-state index in [0.717, 1.165) is 6.07 Å². The smallest absolute Gasteiger partial charge is 0.379 e. The van der Waals surface area contributed by atoms with Crippen molar-refractivity contribution in [3.05, 3.63) is 34.1 Å². The third kappa shape index (κ3) is 3.07. The van der Waals surface area contributed by atoms with Crippen LogP contribution in [0.1, 0.15) is 42.6 Å². The largest absolute Gasteiger partial charge is 0.460 e. The van der Waals surface area contributed by atoms with Crippen molar-refractivity contribution >= 4 is 23.4 Å². The van der Waals surface area contributed by atoms with Crippen molar-refractivity contribution in [2.24, 2.45) is 0 Å². The lowest BCUT2D eigenvalue weighted by molar-refractivity contribution is -0.137. The second-order valence-electron chi connectivity index (χ2n) is 4.07. The number of Topliss-reactive ketones (excluding diaryl/α,β-unsaturated/α-hetero) is 1. The van der Waals surface area contributed by atoms with Crippen molar-refractivity contribution in [2.45, 2.75) is 26.7 Å². The first kappa shape index (κ1) is 14.6. The van der Waals surface area contributed by atoms with Crippen molar-refractivity contribution in [3.8, 4) is 0 Å². The number of esters is 1. The van der Waals surface area contributed by atoms with E-state index in [1.807, 2.05) is 0 Å². The van der Waals surface area contributed by atoms with Gasteiger partial charge in [-0.25, -0.2) is 9.18 Å².